The van der Waals surface area contributed by atoms with E-state index in [-0.39, 0.29) is 12.3 Å². The standard InChI is InChI=1S/C16H18BrNO6/c1-22-12-6-10(11(17)8-13(12)23-2)7-16(21)24-9-15(20)18-5-3-4-14(18)19/h6,8H,3-5,7,9H2,1-2H3. The molecular weight excluding hydrogens is 382 g/mol. The minimum absolute atomic E-state index is 0.0395. The van der Waals surface area contributed by atoms with Crippen LogP contribution in [0.5, 0.6) is 11.5 Å². The lowest BCUT2D eigenvalue weighted by Crippen LogP contribution is -2.35. The van der Waals surface area contributed by atoms with Crippen LogP contribution in [-0.2, 0) is 25.5 Å². The van der Waals surface area contributed by atoms with E-state index in [0.29, 0.717) is 40.9 Å². The number of ether oxygens (including phenoxy) is 3. The van der Waals surface area contributed by atoms with E-state index in [4.69, 9.17) is 14.2 Å². The number of carbonyl (C=O) groups excluding carboxylic acids is 3. The molecule has 0 unspecified atom stereocenters. The van der Waals surface area contributed by atoms with E-state index < -0.39 is 18.5 Å². The van der Waals surface area contributed by atoms with Crippen LogP contribution in [0.2, 0.25) is 0 Å². The van der Waals surface area contributed by atoms with Crippen LogP contribution in [0.25, 0.3) is 0 Å². The minimum Gasteiger partial charge on any atom is -0.493 e. The number of carbonyl (C=O) groups is 3. The van der Waals surface area contributed by atoms with Gasteiger partial charge in [-0.3, -0.25) is 19.3 Å². The molecule has 1 aromatic carbocycles. The first kappa shape index (κ1) is 18.3. The predicted molar refractivity (Wildman–Crippen MR) is 87.9 cm³/mol. The molecule has 0 radical (unpaired) electrons. The molecule has 1 fully saturated rings. The van der Waals surface area contributed by atoms with Crippen LogP contribution in [0.4, 0.5) is 0 Å². The second-order valence-electron chi connectivity index (χ2n) is 5.18. The number of halogens is 1. The third-order valence-electron chi connectivity index (χ3n) is 3.62. The molecule has 0 N–H and O–H groups in total. The van der Waals surface area contributed by atoms with Crippen LogP contribution in [0, 0.1) is 0 Å². The summed E-state index contributed by atoms with van der Waals surface area (Å²) in [5.74, 6) is -0.259. The number of methoxy groups -OCH3 is 2. The van der Waals surface area contributed by atoms with Gasteiger partial charge in [0.25, 0.3) is 5.91 Å². The SMILES string of the molecule is COc1cc(Br)c(CC(=O)OCC(=O)N2CCCC2=O)cc1OC. The van der Waals surface area contributed by atoms with Gasteiger partial charge in [0.15, 0.2) is 18.1 Å². The highest BCUT2D eigenvalue weighted by Gasteiger charge is 2.27. The fraction of sp³-hybridized carbons (Fsp3) is 0.438. The fourth-order valence-corrected chi connectivity index (χ4v) is 2.83. The minimum atomic E-state index is -0.567. The van der Waals surface area contributed by atoms with E-state index in [1.165, 1.54) is 14.2 Å². The lowest BCUT2D eigenvalue weighted by molar-refractivity contribution is -0.154. The van der Waals surface area contributed by atoms with Gasteiger partial charge >= 0.3 is 5.97 Å². The molecule has 1 aliphatic rings. The molecule has 0 bridgehead atoms. The Kier molecular flexibility index (Phi) is 6.19. The van der Waals surface area contributed by atoms with Gasteiger partial charge in [-0.25, -0.2) is 0 Å². The van der Waals surface area contributed by atoms with Gasteiger partial charge in [0.1, 0.15) is 0 Å². The maximum Gasteiger partial charge on any atom is 0.310 e. The number of benzene rings is 1. The largest absolute Gasteiger partial charge is 0.493 e. The van der Waals surface area contributed by atoms with Gasteiger partial charge in [-0.2, -0.15) is 0 Å². The summed E-state index contributed by atoms with van der Waals surface area (Å²) in [6, 6.07) is 3.35. The molecule has 1 aromatic rings. The van der Waals surface area contributed by atoms with Gasteiger partial charge in [0.05, 0.1) is 20.6 Å². The second-order valence-corrected chi connectivity index (χ2v) is 6.03. The highest BCUT2D eigenvalue weighted by atomic mass is 79.9. The summed E-state index contributed by atoms with van der Waals surface area (Å²) in [7, 11) is 3.02. The van der Waals surface area contributed by atoms with Crippen molar-refractivity contribution in [1.82, 2.24) is 4.90 Å². The Bertz CT molecular complexity index is 660. The fourth-order valence-electron chi connectivity index (χ4n) is 2.37. The lowest BCUT2D eigenvalue weighted by Gasteiger charge is -2.14. The molecule has 1 heterocycles. The summed E-state index contributed by atoms with van der Waals surface area (Å²) < 4.78 is 16.0. The molecule has 0 aromatic heterocycles. The van der Waals surface area contributed by atoms with Gasteiger partial charge in [-0.05, 0) is 24.1 Å². The molecule has 0 saturated carbocycles. The van der Waals surface area contributed by atoms with Crippen molar-refractivity contribution in [2.75, 3.05) is 27.4 Å². The van der Waals surface area contributed by atoms with Crippen molar-refractivity contribution in [2.24, 2.45) is 0 Å². The van der Waals surface area contributed by atoms with Crippen molar-refractivity contribution >= 4 is 33.7 Å². The molecule has 130 valence electrons. The van der Waals surface area contributed by atoms with Crippen molar-refractivity contribution in [3.63, 3.8) is 0 Å². The zero-order valence-electron chi connectivity index (χ0n) is 13.5. The summed E-state index contributed by atoms with van der Waals surface area (Å²) in [6.45, 7) is -0.0497. The first-order valence-corrected chi connectivity index (χ1v) is 8.14. The molecule has 24 heavy (non-hydrogen) atoms. The summed E-state index contributed by atoms with van der Waals surface area (Å²) in [5.41, 5.74) is 0.641. The first-order valence-electron chi connectivity index (χ1n) is 7.35. The Morgan fingerprint density at radius 2 is 1.88 bits per heavy atom. The maximum atomic E-state index is 11.9. The zero-order valence-corrected chi connectivity index (χ0v) is 15.1. The third kappa shape index (κ3) is 4.25. The molecule has 0 aliphatic carbocycles. The number of hydrogen-bond acceptors (Lipinski definition) is 6. The molecule has 7 nitrogen and oxygen atoms in total. The Morgan fingerprint density at radius 1 is 1.21 bits per heavy atom. The van der Waals surface area contributed by atoms with Crippen molar-refractivity contribution in [1.29, 1.82) is 0 Å². The Labute approximate surface area is 148 Å². The highest BCUT2D eigenvalue weighted by molar-refractivity contribution is 9.10. The number of likely N-dealkylation sites (tertiary alicyclic amines) is 1. The van der Waals surface area contributed by atoms with Crippen molar-refractivity contribution in [3.05, 3.63) is 22.2 Å². The van der Waals surface area contributed by atoms with Crippen molar-refractivity contribution in [2.45, 2.75) is 19.3 Å². The number of esters is 1. The summed E-state index contributed by atoms with van der Waals surface area (Å²) >= 11 is 3.36. The van der Waals surface area contributed by atoms with Crippen molar-refractivity contribution < 1.29 is 28.6 Å². The molecule has 2 rings (SSSR count). The van der Waals surface area contributed by atoms with Crippen molar-refractivity contribution in [3.8, 4) is 11.5 Å². The third-order valence-corrected chi connectivity index (χ3v) is 4.36. The van der Waals surface area contributed by atoms with Gasteiger partial charge < -0.3 is 14.2 Å². The molecule has 0 atom stereocenters. The molecule has 1 aliphatic heterocycles. The number of nitrogens with zero attached hydrogens (tertiary/aromatic N) is 1. The predicted octanol–water partition coefficient (Wildman–Crippen LogP) is 1.70. The summed E-state index contributed by atoms with van der Waals surface area (Å²) in [6.07, 6.45) is 0.970. The Balaban J connectivity index is 1.95. The van der Waals surface area contributed by atoms with E-state index in [2.05, 4.69) is 15.9 Å². The molecule has 1 saturated heterocycles. The van der Waals surface area contributed by atoms with Crippen LogP contribution < -0.4 is 9.47 Å². The number of rotatable bonds is 6. The zero-order chi connectivity index (χ0) is 17.7. The molecule has 2 amide bonds. The summed E-state index contributed by atoms with van der Waals surface area (Å²) in [4.78, 5) is 36.4. The van der Waals surface area contributed by atoms with E-state index in [9.17, 15) is 14.4 Å². The molecular formula is C16H18BrNO6. The van der Waals surface area contributed by atoms with Gasteiger partial charge in [-0.15, -0.1) is 0 Å². The first-order chi connectivity index (χ1) is 11.5. The highest BCUT2D eigenvalue weighted by Crippen LogP contribution is 2.33. The van der Waals surface area contributed by atoms with Crippen LogP contribution in [-0.4, -0.2) is 50.1 Å². The lowest BCUT2D eigenvalue weighted by atomic mass is 10.1. The normalized spacial score (nSPS) is 13.8. The van der Waals surface area contributed by atoms with E-state index in [1.54, 1.807) is 12.1 Å². The number of amides is 2. The van der Waals surface area contributed by atoms with Gasteiger partial charge in [0, 0.05) is 17.4 Å². The van der Waals surface area contributed by atoms with E-state index >= 15 is 0 Å². The smallest absolute Gasteiger partial charge is 0.310 e. The Morgan fingerprint density at radius 3 is 2.46 bits per heavy atom. The topological polar surface area (TPSA) is 82.1 Å². The average molecular weight is 400 g/mol. The van der Waals surface area contributed by atoms with Crippen LogP contribution >= 0.6 is 15.9 Å². The molecule has 8 heteroatoms. The van der Waals surface area contributed by atoms with Gasteiger partial charge in [-0.1, -0.05) is 15.9 Å². The number of hydrogen-bond donors (Lipinski definition) is 0. The van der Waals surface area contributed by atoms with Crippen LogP contribution in [0.1, 0.15) is 18.4 Å². The van der Waals surface area contributed by atoms with E-state index in [0.717, 1.165) is 4.90 Å². The van der Waals surface area contributed by atoms with Crippen LogP contribution in [0.3, 0.4) is 0 Å². The maximum absolute atomic E-state index is 11.9. The Hall–Kier alpha value is -2.09. The summed E-state index contributed by atoms with van der Waals surface area (Å²) in [5, 5.41) is 0. The number of imide groups is 1. The second kappa shape index (κ2) is 8.14. The quantitative estimate of drug-likeness (QED) is 0.677. The molecule has 0 spiro atoms. The van der Waals surface area contributed by atoms with Crippen LogP contribution in [0.15, 0.2) is 16.6 Å². The van der Waals surface area contributed by atoms with Gasteiger partial charge in [0.2, 0.25) is 5.91 Å². The monoisotopic (exact) mass is 399 g/mol. The van der Waals surface area contributed by atoms with E-state index in [1.807, 2.05) is 0 Å². The average Bonchev–Trinajstić information content (AvgIpc) is 3.00.